The van der Waals surface area contributed by atoms with Crippen LogP contribution in [-0.2, 0) is 4.79 Å². The van der Waals surface area contributed by atoms with E-state index in [1.807, 2.05) is 0 Å². The maximum atomic E-state index is 12.5. The first kappa shape index (κ1) is 12.4. The molecule has 0 aliphatic rings. The fraction of sp³-hybridized carbons (Fsp3) is 0.364. The van der Waals surface area contributed by atoms with E-state index in [-0.39, 0.29) is 37.9 Å². The van der Waals surface area contributed by atoms with Gasteiger partial charge in [-0.05, 0) is 24.3 Å². The summed E-state index contributed by atoms with van der Waals surface area (Å²) in [6.45, 7) is 0.392. The van der Waals surface area contributed by atoms with Crippen molar-refractivity contribution in [1.82, 2.24) is 5.32 Å². The molecule has 0 saturated heterocycles. The molecule has 0 unspecified atom stereocenters. The lowest BCUT2D eigenvalue weighted by Gasteiger charge is -2.06. The van der Waals surface area contributed by atoms with Gasteiger partial charge < -0.3 is 15.2 Å². The van der Waals surface area contributed by atoms with Crippen LogP contribution >= 0.6 is 0 Å². The number of ether oxygens (including phenoxy) is 1. The van der Waals surface area contributed by atoms with E-state index in [0.29, 0.717) is 5.75 Å². The topological polar surface area (TPSA) is 58.6 Å². The first-order valence-corrected chi connectivity index (χ1v) is 4.98. The SMILES string of the molecule is O=C(CCOc1ccc(F)cc1)NCCO. The van der Waals surface area contributed by atoms with Crippen LogP contribution in [0.25, 0.3) is 0 Å². The van der Waals surface area contributed by atoms with Gasteiger partial charge in [-0.25, -0.2) is 4.39 Å². The average Bonchev–Trinajstić information content (AvgIpc) is 2.29. The highest BCUT2D eigenvalue weighted by Crippen LogP contribution is 2.10. The number of amides is 1. The standard InChI is InChI=1S/C11H14FNO3/c12-9-1-3-10(4-2-9)16-8-5-11(15)13-6-7-14/h1-4,14H,5-8H2,(H,13,15). The molecule has 0 bridgehead atoms. The van der Waals surface area contributed by atoms with Gasteiger partial charge in [0.15, 0.2) is 0 Å². The second kappa shape index (κ2) is 6.79. The zero-order valence-electron chi connectivity index (χ0n) is 8.78. The van der Waals surface area contributed by atoms with Crippen molar-refractivity contribution in [1.29, 1.82) is 0 Å². The molecular weight excluding hydrogens is 213 g/mol. The molecule has 0 aromatic heterocycles. The minimum absolute atomic E-state index is 0.0788. The van der Waals surface area contributed by atoms with Gasteiger partial charge in [-0.15, -0.1) is 0 Å². The molecule has 0 spiro atoms. The van der Waals surface area contributed by atoms with Crippen molar-refractivity contribution in [3.8, 4) is 5.75 Å². The summed E-state index contributed by atoms with van der Waals surface area (Å²) in [7, 11) is 0. The first-order chi connectivity index (χ1) is 7.72. The van der Waals surface area contributed by atoms with E-state index < -0.39 is 0 Å². The number of hydrogen-bond acceptors (Lipinski definition) is 3. The number of carbonyl (C=O) groups excluding carboxylic acids is 1. The molecule has 4 nitrogen and oxygen atoms in total. The van der Waals surface area contributed by atoms with Gasteiger partial charge in [0.2, 0.25) is 5.91 Å². The highest BCUT2D eigenvalue weighted by Gasteiger charge is 2.00. The second-order valence-corrected chi connectivity index (χ2v) is 3.13. The summed E-state index contributed by atoms with van der Waals surface area (Å²) in [5.41, 5.74) is 0. The molecule has 88 valence electrons. The van der Waals surface area contributed by atoms with Crippen LogP contribution in [0.2, 0.25) is 0 Å². The van der Waals surface area contributed by atoms with E-state index in [2.05, 4.69) is 5.32 Å². The summed E-state index contributed by atoms with van der Waals surface area (Å²) in [5.74, 6) is 0.0144. The van der Waals surface area contributed by atoms with Crippen LogP contribution in [0.5, 0.6) is 5.75 Å². The van der Waals surface area contributed by atoms with E-state index in [4.69, 9.17) is 9.84 Å². The Morgan fingerprint density at radius 3 is 2.69 bits per heavy atom. The van der Waals surface area contributed by atoms with E-state index in [9.17, 15) is 9.18 Å². The van der Waals surface area contributed by atoms with Gasteiger partial charge in [0.1, 0.15) is 11.6 Å². The third kappa shape index (κ3) is 4.75. The molecule has 16 heavy (non-hydrogen) atoms. The third-order valence-corrected chi connectivity index (χ3v) is 1.85. The minimum Gasteiger partial charge on any atom is -0.493 e. The number of rotatable bonds is 6. The molecule has 0 aliphatic heterocycles. The van der Waals surface area contributed by atoms with Crippen LogP contribution < -0.4 is 10.1 Å². The Morgan fingerprint density at radius 1 is 1.38 bits per heavy atom. The fourth-order valence-electron chi connectivity index (χ4n) is 1.08. The summed E-state index contributed by atoms with van der Waals surface area (Å²) in [5, 5.41) is 11.0. The van der Waals surface area contributed by atoms with E-state index in [1.54, 1.807) is 0 Å². The summed E-state index contributed by atoms with van der Waals surface area (Å²) >= 11 is 0. The molecule has 0 saturated carbocycles. The van der Waals surface area contributed by atoms with E-state index >= 15 is 0 Å². The normalized spacial score (nSPS) is 9.88. The Hall–Kier alpha value is -1.62. The molecular formula is C11H14FNO3. The largest absolute Gasteiger partial charge is 0.493 e. The van der Waals surface area contributed by atoms with Crippen LogP contribution in [-0.4, -0.2) is 30.8 Å². The second-order valence-electron chi connectivity index (χ2n) is 3.13. The lowest BCUT2D eigenvalue weighted by Crippen LogP contribution is -2.27. The Balaban J connectivity index is 2.20. The van der Waals surface area contributed by atoms with Gasteiger partial charge in [-0.1, -0.05) is 0 Å². The minimum atomic E-state index is -0.326. The Bertz CT molecular complexity index is 327. The smallest absolute Gasteiger partial charge is 0.223 e. The lowest BCUT2D eigenvalue weighted by atomic mass is 10.3. The third-order valence-electron chi connectivity index (χ3n) is 1.85. The Kier molecular flexibility index (Phi) is 5.28. The lowest BCUT2D eigenvalue weighted by molar-refractivity contribution is -0.121. The predicted octanol–water partition coefficient (Wildman–Crippen LogP) is 0.703. The highest BCUT2D eigenvalue weighted by atomic mass is 19.1. The summed E-state index contributed by atoms with van der Waals surface area (Å²) < 4.78 is 17.8. The number of hydrogen-bond donors (Lipinski definition) is 2. The van der Waals surface area contributed by atoms with Crippen LogP contribution in [0.4, 0.5) is 4.39 Å². The van der Waals surface area contributed by atoms with Crippen LogP contribution in [0.1, 0.15) is 6.42 Å². The number of nitrogens with one attached hydrogen (secondary N) is 1. The van der Waals surface area contributed by atoms with Gasteiger partial charge in [-0.2, -0.15) is 0 Å². The molecule has 1 aromatic rings. The van der Waals surface area contributed by atoms with Crippen molar-refractivity contribution in [3.63, 3.8) is 0 Å². The zero-order chi connectivity index (χ0) is 11.8. The van der Waals surface area contributed by atoms with Crippen molar-refractivity contribution < 1.29 is 19.0 Å². The van der Waals surface area contributed by atoms with E-state index in [1.165, 1.54) is 24.3 Å². The molecule has 2 N–H and O–H groups in total. The number of halogens is 1. The van der Waals surface area contributed by atoms with Crippen molar-refractivity contribution >= 4 is 5.91 Å². The van der Waals surface area contributed by atoms with Crippen molar-refractivity contribution in [2.24, 2.45) is 0 Å². The molecule has 0 radical (unpaired) electrons. The molecule has 0 fully saturated rings. The van der Waals surface area contributed by atoms with Gasteiger partial charge >= 0.3 is 0 Å². The van der Waals surface area contributed by atoms with Crippen molar-refractivity contribution in [3.05, 3.63) is 30.1 Å². The zero-order valence-corrected chi connectivity index (χ0v) is 8.78. The van der Waals surface area contributed by atoms with Gasteiger partial charge in [0.05, 0.1) is 19.6 Å². The summed E-state index contributed by atoms with van der Waals surface area (Å²) in [6.07, 6.45) is 0.206. The van der Waals surface area contributed by atoms with Crippen LogP contribution in [0.3, 0.4) is 0 Å². The summed E-state index contributed by atoms with van der Waals surface area (Å²) in [6, 6.07) is 5.59. The quantitative estimate of drug-likeness (QED) is 0.752. The first-order valence-electron chi connectivity index (χ1n) is 4.98. The van der Waals surface area contributed by atoms with Gasteiger partial charge in [0, 0.05) is 6.54 Å². The predicted molar refractivity (Wildman–Crippen MR) is 56.6 cm³/mol. The van der Waals surface area contributed by atoms with Crippen LogP contribution in [0, 0.1) is 5.82 Å². The highest BCUT2D eigenvalue weighted by molar-refractivity contribution is 5.75. The molecule has 1 aromatic carbocycles. The number of aliphatic hydroxyl groups excluding tert-OH is 1. The maximum Gasteiger partial charge on any atom is 0.223 e. The Morgan fingerprint density at radius 2 is 2.06 bits per heavy atom. The number of benzene rings is 1. The molecule has 0 atom stereocenters. The molecule has 0 aliphatic carbocycles. The molecule has 0 heterocycles. The van der Waals surface area contributed by atoms with Gasteiger partial charge in [0.25, 0.3) is 0 Å². The maximum absolute atomic E-state index is 12.5. The average molecular weight is 227 g/mol. The van der Waals surface area contributed by atoms with Crippen molar-refractivity contribution in [2.45, 2.75) is 6.42 Å². The molecule has 5 heteroatoms. The van der Waals surface area contributed by atoms with E-state index in [0.717, 1.165) is 0 Å². The Labute approximate surface area is 93.0 Å². The van der Waals surface area contributed by atoms with Crippen LogP contribution in [0.15, 0.2) is 24.3 Å². The van der Waals surface area contributed by atoms with Gasteiger partial charge in [-0.3, -0.25) is 4.79 Å². The monoisotopic (exact) mass is 227 g/mol. The van der Waals surface area contributed by atoms with Crippen molar-refractivity contribution in [2.75, 3.05) is 19.8 Å². The fourth-order valence-corrected chi connectivity index (χ4v) is 1.08. The molecule has 1 rings (SSSR count). The summed E-state index contributed by atoms with van der Waals surface area (Å²) in [4.78, 5) is 11.1. The number of aliphatic hydroxyl groups is 1. The molecule has 1 amide bonds. The number of carbonyl (C=O) groups is 1.